The molecule has 1 unspecified atom stereocenters. The van der Waals surface area contributed by atoms with Crippen molar-refractivity contribution in [2.45, 2.75) is 32.2 Å². The van der Waals surface area contributed by atoms with Gasteiger partial charge in [-0.2, -0.15) is 5.21 Å². The third-order valence-corrected chi connectivity index (χ3v) is 2.06. The SMILES string of the molecule is CC(N)C(C)(C)c1nn[nH]n1. The summed E-state index contributed by atoms with van der Waals surface area (Å²) < 4.78 is 0. The predicted molar refractivity (Wildman–Crippen MR) is 40.9 cm³/mol. The molecule has 0 amide bonds. The van der Waals surface area contributed by atoms with Crippen molar-refractivity contribution >= 4 is 0 Å². The lowest BCUT2D eigenvalue weighted by Gasteiger charge is -2.24. The van der Waals surface area contributed by atoms with Crippen LogP contribution in [-0.4, -0.2) is 26.7 Å². The molecular formula is C6H13N5. The first-order valence-corrected chi connectivity index (χ1v) is 3.54. The zero-order chi connectivity index (χ0) is 8.48. The Labute approximate surface area is 65.4 Å². The smallest absolute Gasteiger partial charge is 0.181 e. The van der Waals surface area contributed by atoms with Crippen molar-refractivity contribution in [1.82, 2.24) is 20.6 Å². The first kappa shape index (κ1) is 8.13. The standard InChI is InChI=1S/C6H13N5/c1-4(7)6(2,3)5-8-10-11-9-5/h4H,7H2,1-3H3,(H,8,9,10,11). The van der Waals surface area contributed by atoms with Crippen molar-refractivity contribution in [3.8, 4) is 0 Å². The van der Waals surface area contributed by atoms with Gasteiger partial charge >= 0.3 is 0 Å². The number of nitrogens with one attached hydrogen (secondary N) is 1. The number of nitrogens with zero attached hydrogens (tertiary/aromatic N) is 3. The molecule has 0 aliphatic rings. The van der Waals surface area contributed by atoms with Crippen LogP contribution in [0.5, 0.6) is 0 Å². The molecule has 0 saturated heterocycles. The number of H-pyrrole nitrogens is 1. The number of aromatic nitrogens is 4. The van der Waals surface area contributed by atoms with Crippen LogP contribution in [0.2, 0.25) is 0 Å². The summed E-state index contributed by atoms with van der Waals surface area (Å²) in [5.41, 5.74) is 5.52. The van der Waals surface area contributed by atoms with E-state index in [1.165, 1.54) is 0 Å². The molecule has 0 radical (unpaired) electrons. The summed E-state index contributed by atoms with van der Waals surface area (Å²) in [6, 6.07) is 0.0140. The molecule has 1 heterocycles. The Morgan fingerprint density at radius 2 is 2.18 bits per heavy atom. The van der Waals surface area contributed by atoms with Crippen LogP contribution in [0.25, 0.3) is 0 Å². The topological polar surface area (TPSA) is 80.5 Å². The molecular weight excluding hydrogens is 142 g/mol. The van der Waals surface area contributed by atoms with Gasteiger partial charge in [0.05, 0.1) is 0 Å². The summed E-state index contributed by atoms with van der Waals surface area (Å²) in [4.78, 5) is 0. The Morgan fingerprint density at radius 1 is 1.55 bits per heavy atom. The lowest BCUT2D eigenvalue weighted by molar-refractivity contribution is 0.409. The average Bonchev–Trinajstić information content (AvgIpc) is 2.37. The lowest BCUT2D eigenvalue weighted by atomic mass is 9.85. The van der Waals surface area contributed by atoms with Crippen LogP contribution >= 0.6 is 0 Å². The van der Waals surface area contributed by atoms with E-state index in [1.807, 2.05) is 20.8 Å². The second-order valence-electron chi connectivity index (χ2n) is 3.25. The zero-order valence-electron chi connectivity index (χ0n) is 7.00. The minimum absolute atomic E-state index is 0.0140. The minimum Gasteiger partial charge on any atom is -0.327 e. The number of tetrazole rings is 1. The zero-order valence-corrected chi connectivity index (χ0v) is 7.00. The van der Waals surface area contributed by atoms with E-state index in [2.05, 4.69) is 20.6 Å². The molecule has 0 aromatic carbocycles. The maximum Gasteiger partial charge on any atom is 0.181 e. The van der Waals surface area contributed by atoms with Gasteiger partial charge in [-0.1, -0.05) is 19.1 Å². The van der Waals surface area contributed by atoms with Crippen molar-refractivity contribution in [3.63, 3.8) is 0 Å². The molecule has 1 aromatic rings. The van der Waals surface area contributed by atoms with E-state index >= 15 is 0 Å². The monoisotopic (exact) mass is 155 g/mol. The van der Waals surface area contributed by atoms with Crippen LogP contribution in [0.4, 0.5) is 0 Å². The van der Waals surface area contributed by atoms with Gasteiger partial charge in [0.1, 0.15) is 0 Å². The van der Waals surface area contributed by atoms with E-state index in [4.69, 9.17) is 5.73 Å². The Morgan fingerprint density at radius 3 is 2.55 bits per heavy atom. The second kappa shape index (κ2) is 2.58. The molecule has 0 bridgehead atoms. The molecule has 0 saturated carbocycles. The third kappa shape index (κ3) is 1.37. The normalized spacial score (nSPS) is 14.9. The fourth-order valence-electron chi connectivity index (χ4n) is 0.638. The highest BCUT2D eigenvalue weighted by Crippen LogP contribution is 2.20. The van der Waals surface area contributed by atoms with Gasteiger partial charge in [-0.25, -0.2) is 0 Å². The highest BCUT2D eigenvalue weighted by Gasteiger charge is 2.29. The van der Waals surface area contributed by atoms with Crippen LogP contribution in [-0.2, 0) is 5.41 Å². The summed E-state index contributed by atoms with van der Waals surface area (Å²) in [6.07, 6.45) is 0. The number of rotatable bonds is 2. The summed E-state index contributed by atoms with van der Waals surface area (Å²) in [5, 5.41) is 13.6. The summed E-state index contributed by atoms with van der Waals surface area (Å²) in [7, 11) is 0. The molecule has 1 atom stereocenters. The van der Waals surface area contributed by atoms with Gasteiger partial charge in [0, 0.05) is 11.5 Å². The molecule has 5 heteroatoms. The van der Waals surface area contributed by atoms with E-state index in [-0.39, 0.29) is 11.5 Å². The van der Waals surface area contributed by atoms with Gasteiger partial charge < -0.3 is 5.73 Å². The van der Waals surface area contributed by atoms with Gasteiger partial charge in [-0.15, -0.1) is 10.2 Å². The highest BCUT2D eigenvalue weighted by molar-refractivity contribution is 5.03. The van der Waals surface area contributed by atoms with Gasteiger partial charge in [-0.05, 0) is 6.92 Å². The molecule has 3 N–H and O–H groups in total. The van der Waals surface area contributed by atoms with Gasteiger partial charge in [0.15, 0.2) is 5.82 Å². The maximum absolute atomic E-state index is 5.74. The van der Waals surface area contributed by atoms with Crippen molar-refractivity contribution < 1.29 is 0 Å². The Bertz CT molecular complexity index is 213. The molecule has 0 aliphatic carbocycles. The van der Waals surface area contributed by atoms with Gasteiger partial charge in [0.2, 0.25) is 0 Å². The van der Waals surface area contributed by atoms with Crippen molar-refractivity contribution in [3.05, 3.63) is 5.82 Å². The second-order valence-corrected chi connectivity index (χ2v) is 3.25. The van der Waals surface area contributed by atoms with E-state index < -0.39 is 0 Å². The summed E-state index contributed by atoms with van der Waals surface area (Å²) in [5.74, 6) is 0.660. The number of hydrogen-bond donors (Lipinski definition) is 2. The third-order valence-electron chi connectivity index (χ3n) is 2.06. The number of hydrogen-bond acceptors (Lipinski definition) is 4. The van der Waals surface area contributed by atoms with Gasteiger partial charge in [0.25, 0.3) is 0 Å². The molecule has 11 heavy (non-hydrogen) atoms. The summed E-state index contributed by atoms with van der Waals surface area (Å²) in [6.45, 7) is 5.90. The average molecular weight is 155 g/mol. The number of aromatic amines is 1. The first-order chi connectivity index (χ1) is 5.05. The summed E-state index contributed by atoms with van der Waals surface area (Å²) >= 11 is 0. The van der Waals surface area contributed by atoms with Crippen molar-refractivity contribution in [1.29, 1.82) is 0 Å². The van der Waals surface area contributed by atoms with Crippen molar-refractivity contribution in [2.24, 2.45) is 5.73 Å². The van der Waals surface area contributed by atoms with Crippen LogP contribution in [0.15, 0.2) is 0 Å². The maximum atomic E-state index is 5.74. The van der Waals surface area contributed by atoms with E-state index in [0.29, 0.717) is 5.82 Å². The number of nitrogens with two attached hydrogens (primary N) is 1. The Kier molecular flexibility index (Phi) is 1.90. The van der Waals surface area contributed by atoms with Crippen LogP contribution < -0.4 is 5.73 Å². The van der Waals surface area contributed by atoms with Crippen LogP contribution in [0, 0.1) is 0 Å². The lowest BCUT2D eigenvalue weighted by Crippen LogP contribution is -2.39. The van der Waals surface area contributed by atoms with Crippen molar-refractivity contribution in [2.75, 3.05) is 0 Å². The fourth-order valence-corrected chi connectivity index (χ4v) is 0.638. The highest BCUT2D eigenvalue weighted by atomic mass is 15.5. The van der Waals surface area contributed by atoms with E-state index in [9.17, 15) is 0 Å². The molecule has 0 aliphatic heterocycles. The van der Waals surface area contributed by atoms with Gasteiger partial charge in [-0.3, -0.25) is 0 Å². The Balaban J connectivity index is 2.90. The van der Waals surface area contributed by atoms with Crippen LogP contribution in [0.3, 0.4) is 0 Å². The molecule has 1 aromatic heterocycles. The predicted octanol–water partition coefficient (Wildman–Crippen LogP) is -0.176. The molecule has 0 fully saturated rings. The quantitative estimate of drug-likeness (QED) is 0.621. The fraction of sp³-hybridized carbons (Fsp3) is 0.833. The first-order valence-electron chi connectivity index (χ1n) is 3.54. The Hall–Kier alpha value is -0.970. The minimum atomic E-state index is -0.215. The molecule has 62 valence electrons. The van der Waals surface area contributed by atoms with E-state index in [1.54, 1.807) is 0 Å². The molecule has 1 rings (SSSR count). The van der Waals surface area contributed by atoms with E-state index in [0.717, 1.165) is 0 Å². The molecule has 5 nitrogen and oxygen atoms in total. The molecule has 0 spiro atoms. The largest absolute Gasteiger partial charge is 0.327 e. The van der Waals surface area contributed by atoms with Crippen LogP contribution in [0.1, 0.15) is 26.6 Å².